The van der Waals surface area contributed by atoms with E-state index in [4.69, 9.17) is 32.7 Å². The fraction of sp³-hybridized carbons (Fsp3) is 0.519. The van der Waals surface area contributed by atoms with Crippen LogP contribution in [0.2, 0.25) is 10.0 Å². The van der Waals surface area contributed by atoms with Gasteiger partial charge in [-0.2, -0.15) is 0 Å². The fourth-order valence-corrected chi connectivity index (χ4v) is 6.32. The molecule has 0 radical (unpaired) electrons. The molecule has 1 saturated carbocycles. The zero-order valence-electron chi connectivity index (χ0n) is 20.3. The predicted molar refractivity (Wildman–Crippen MR) is 142 cm³/mol. The number of nitrogens with zero attached hydrogens (tertiary/aromatic N) is 1. The number of halogens is 2. The highest BCUT2D eigenvalue weighted by Gasteiger charge is 2.41. The summed E-state index contributed by atoms with van der Waals surface area (Å²) in [5.74, 6) is 0.719. The zero-order chi connectivity index (χ0) is 24.5. The Morgan fingerprint density at radius 3 is 2.29 bits per heavy atom. The van der Waals surface area contributed by atoms with Crippen LogP contribution in [0.4, 0.5) is 5.69 Å². The number of hydrogen-bond acceptors (Lipinski definition) is 4. The van der Waals surface area contributed by atoms with Gasteiger partial charge in [-0.1, -0.05) is 44.0 Å². The molecule has 2 aliphatic rings. The summed E-state index contributed by atoms with van der Waals surface area (Å²) in [6.07, 6.45) is 4.80. The van der Waals surface area contributed by atoms with Crippen molar-refractivity contribution in [3.05, 3.63) is 52.0 Å². The molecule has 1 aliphatic carbocycles. The monoisotopic (exact) mass is 521 g/mol. The number of rotatable bonds is 6. The first-order valence-corrected chi connectivity index (χ1v) is 13.5. The first-order valence-electron chi connectivity index (χ1n) is 11.9. The maximum Gasteiger partial charge on any atom is 0.232 e. The molecule has 2 aromatic rings. The summed E-state index contributed by atoms with van der Waals surface area (Å²) in [4.78, 5) is 16.6. The van der Waals surface area contributed by atoms with Crippen LogP contribution in [0, 0.1) is 5.41 Å². The van der Waals surface area contributed by atoms with Crippen LogP contribution in [0.15, 0.2) is 41.3 Å². The van der Waals surface area contributed by atoms with Crippen molar-refractivity contribution in [2.24, 2.45) is 5.41 Å². The Morgan fingerprint density at radius 1 is 1.12 bits per heavy atom. The highest BCUT2D eigenvalue weighted by atomic mass is 35.5. The van der Waals surface area contributed by atoms with E-state index in [0.717, 1.165) is 47.6 Å². The molecule has 184 valence electrons. The van der Waals surface area contributed by atoms with Crippen LogP contribution >= 0.6 is 35.0 Å². The van der Waals surface area contributed by atoms with Crippen LogP contribution in [0.1, 0.15) is 58.4 Å². The van der Waals surface area contributed by atoms with Gasteiger partial charge in [-0.05, 0) is 74.1 Å². The number of carbonyl (C=O) groups is 1. The van der Waals surface area contributed by atoms with E-state index in [1.165, 1.54) is 0 Å². The Bertz CT molecular complexity index is 1030. The molecule has 0 atom stereocenters. The van der Waals surface area contributed by atoms with Crippen LogP contribution in [-0.4, -0.2) is 32.3 Å². The van der Waals surface area contributed by atoms with Gasteiger partial charge in [-0.3, -0.25) is 4.79 Å². The Hall–Kier alpha value is -1.40. The van der Waals surface area contributed by atoms with Crippen molar-refractivity contribution in [1.82, 2.24) is 0 Å². The van der Waals surface area contributed by atoms with E-state index in [-0.39, 0.29) is 16.7 Å². The summed E-state index contributed by atoms with van der Waals surface area (Å²) in [6, 6.07) is 12.2. The normalized spacial score (nSPS) is 18.3. The minimum atomic E-state index is -0.519. The molecule has 4 nitrogen and oxygen atoms in total. The lowest BCUT2D eigenvalue weighted by Crippen LogP contribution is -2.49. The summed E-state index contributed by atoms with van der Waals surface area (Å²) in [5.41, 5.74) is 1.27. The van der Waals surface area contributed by atoms with E-state index < -0.39 is 5.41 Å². The lowest BCUT2D eigenvalue weighted by atomic mass is 9.86. The average molecular weight is 523 g/mol. The number of carbonyl (C=O) groups excluding carboxylic acids is 1. The van der Waals surface area contributed by atoms with Gasteiger partial charge in [0.15, 0.2) is 0 Å². The van der Waals surface area contributed by atoms with Crippen molar-refractivity contribution in [3.8, 4) is 5.75 Å². The van der Waals surface area contributed by atoms with Gasteiger partial charge in [0.05, 0.1) is 16.9 Å². The number of ether oxygens (including phenoxy) is 2. The third kappa shape index (κ3) is 5.23. The lowest BCUT2D eigenvalue weighted by molar-refractivity contribution is -0.126. The number of benzene rings is 2. The van der Waals surface area contributed by atoms with Crippen molar-refractivity contribution in [3.63, 3.8) is 0 Å². The highest BCUT2D eigenvalue weighted by Crippen LogP contribution is 2.52. The van der Waals surface area contributed by atoms with Gasteiger partial charge in [0.1, 0.15) is 11.4 Å². The van der Waals surface area contributed by atoms with Gasteiger partial charge in [-0.15, -0.1) is 11.8 Å². The lowest BCUT2D eigenvalue weighted by Gasteiger charge is -2.42. The Labute approximate surface area is 217 Å². The fourth-order valence-electron chi connectivity index (χ4n) is 4.56. The first kappa shape index (κ1) is 25.7. The summed E-state index contributed by atoms with van der Waals surface area (Å²) >= 11 is 14.9. The van der Waals surface area contributed by atoms with Gasteiger partial charge < -0.3 is 14.4 Å². The van der Waals surface area contributed by atoms with Crippen LogP contribution in [0.25, 0.3) is 0 Å². The van der Waals surface area contributed by atoms with E-state index in [9.17, 15) is 4.79 Å². The molecule has 0 spiro atoms. The number of methoxy groups -OCH3 is 1. The van der Waals surface area contributed by atoms with E-state index in [1.807, 2.05) is 55.6 Å². The molecule has 1 amide bonds. The van der Waals surface area contributed by atoms with E-state index in [0.29, 0.717) is 29.7 Å². The van der Waals surface area contributed by atoms with Gasteiger partial charge in [-0.25, -0.2) is 0 Å². The van der Waals surface area contributed by atoms with Crippen molar-refractivity contribution in [2.45, 2.75) is 68.6 Å². The SMILES string of the molecule is COc1cc(C2(Sc3ccc(Cl)cc3)CCOCC2)cc(Cl)c1N(C(=O)C(C)(C)C)C1CCC1. The number of anilines is 1. The number of thioether (sulfide) groups is 1. The third-order valence-corrected chi connectivity index (χ3v) is 8.83. The van der Waals surface area contributed by atoms with Crippen LogP contribution in [0.5, 0.6) is 5.75 Å². The molecular formula is C27H33Cl2NO3S. The molecular weight excluding hydrogens is 489 g/mol. The van der Waals surface area contributed by atoms with Gasteiger partial charge in [0.2, 0.25) is 5.91 Å². The molecule has 4 rings (SSSR count). The number of amides is 1. The van der Waals surface area contributed by atoms with Crippen molar-refractivity contribution in [2.75, 3.05) is 25.2 Å². The van der Waals surface area contributed by atoms with E-state index in [1.54, 1.807) is 7.11 Å². The molecule has 1 aliphatic heterocycles. The number of hydrogen-bond donors (Lipinski definition) is 0. The molecule has 0 bridgehead atoms. The van der Waals surface area contributed by atoms with E-state index >= 15 is 0 Å². The smallest absolute Gasteiger partial charge is 0.232 e. The van der Waals surface area contributed by atoms with E-state index in [2.05, 4.69) is 18.2 Å². The van der Waals surface area contributed by atoms with Crippen LogP contribution in [0.3, 0.4) is 0 Å². The predicted octanol–water partition coefficient (Wildman–Crippen LogP) is 7.73. The first-order chi connectivity index (χ1) is 16.1. The topological polar surface area (TPSA) is 38.8 Å². The van der Waals surface area contributed by atoms with Gasteiger partial charge >= 0.3 is 0 Å². The Kier molecular flexibility index (Phi) is 7.78. The molecule has 0 aromatic heterocycles. The molecule has 1 heterocycles. The maximum absolute atomic E-state index is 13.5. The molecule has 1 saturated heterocycles. The van der Waals surface area contributed by atoms with Crippen LogP contribution < -0.4 is 9.64 Å². The Balaban J connectivity index is 1.78. The summed E-state index contributed by atoms with van der Waals surface area (Å²) < 4.78 is 11.4. The molecule has 34 heavy (non-hydrogen) atoms. The second kappa shape index (κ2) is 10.3. The van der Waals surface area contributed by atoms with Gasteiger partial charge in [0.25, 0.3) is 0 Å². The minimum absolute atomic E-state index is 0.0708. The molecule has 2 aromatic carbocycles. The molecule has 0 N–H and O–H groups in total. The van der Waals surface area contributed by atoms with Gasteiger partial charge in [0, 0.05) is 34.6 Å². The molecule has 7 heteroatoms. The van der Waals surface area contributed by atoms with Crippen molar-refractivity contribution < 1.29 is 14.3 Å². The minimum Gasteiger partial charge on any atom is -0.495 e. The standard InChI is InChI=1S/C27H33Cl2NO3S/c1-26(2,3)25(31)30(20-6-5-7-20)24-22(29)16-18(17-23(24)32-4)27(12-14-33-15-13-27)34-21-10-8-19(28)9-11-21/h8-11,16-17,20H,5-7,12-15H2,1-4H3. The summed E-state index contributed by atoms with van der Waals surface area (Å²) in [7, 11) is 1.66. The summed E-state index contributed by atoms with van der Waals surface area (Å²) in [6.45, 7) is 7.22. The van der Waals surface area contributed by atoms with Crippen molar-refractivity contribution >= 4 is 46.6 Å². The highest BCUT2D eigenvalue weighted by molar-refractivity contribution is 8.00. The second-order valence-corrected chi connectivity index (χ2v) is 12.5. The third-order valence-electron chi connectivity index (χ3n) is 6.74. The summed E-state index contributed by atoms with van der Waals surface area (Å²) in [5, 5.41) is 1.28. The Morgan fingerprint density at radius 2 is 1.76 bits per heavy atom. The second-order valence-electron chi connectivity index (χ2n) is 10.2. The largest absolute Gasteiger partial charge is 0.495 e. The van der Waals surface area contributed by atoms with Crippen LogP contribution in [-0.2, 0) is 14.3 Å². The molecule has 0 unspecified atom stereocenters. The maximum atomic E-state index is 13.5. The quantitative estimate of drug-likeness (QED) is 0.389. The molecule has 2 fully saturated rings. The van der Waals surface area contributed by atoms with Crippen molar-refractivity contribution in [1.29, 1.82) is 0 Å². The zero-order valence-corrected chi connectivity index (χ0v) is 22.7. The average Bonchev–Trinajstić information content (AvgIpc) is 2.77.